The number of para-hydroxylation sites is 2. The van der Waals surface area contributed by atoms with Gasteiger partial charge in [-0.3, -0.25) is 0 Å². The van der Waals surface area contributed by atoms with E-state index in [1.807, 2.05) is 23.1 Å². The lowest BCUT2D eigenvalue weighted by Crippen LogP contribution is -2.33. The first kappa shape index (κ1) is 17.6. The molecular formula is C28H22N4. The number of aromatic nitrogens is 3. The summed E-state index contributed by atoms with van der Waals surface area (Å²) in [5, 5.41) is 10.8. The maximum Gasteiger partial charge on any atom is 0.0666 e. The molecule has 4 heteroatoms. The number of fused-ring (bicyclic) bond motifs is 6. The Bertz CT molecular complexity index is 1580. The molecule has 5 aromatic rings. The zero-order valence-corrected chi connectivity index (χ0v) is 17.8. The van der Waals surface area contributed by atoms with Gasteiger partial charge in [0, 0.05) is 46.5 Å². The lowest BCUT2D eigenvalue weighted by Gasteiger charge is -2.32. The van der Waals surface area contributed by atoms with Crippen molar-refractivity contribution in [2.45, 2.75) is 18.9 Å². The van der Waals surface area contributed by atoms with Crippen molar-refractivity contribution in [2.75, 3.05) is 5.32 Å². The molecule has 1 aliphatic carbocycles. The van der Waals surface area contributed by atoms with E-state index in [1.54, 1.807) is 0 Å². The molecule has 1 unspecified atom stereocenters. The van der Waals surface area contributed by atoms with Crippen LogP contribution in [-0.4, -0.2) is 19.9 Å². The van der Waals surface area contributed by atoms with Gasteiger partial charge in [-0.25, -0.2) is 4.68 Å². The molecule has 0 bridgehead atoms. The molecule has 1 aliphatic heterocycles. The molecule has 0 saturated heterocycles. The topological polar surface area (TPSA) is 34.8 Å². The van der Waals surface area contributed by atoms with Gasteiger partial charge in [0.15, 0.2) is 0 Å². The first-order valence-corrected chi connectivity index (χ1v) is 11.0. The minimum atomic E-state index is -0.120. The highest BCUT2D eigenvalue weighted by Crippen LogP contribution is 2.48. The van der Waals surface area contributed by atoms with Crippen LogP contribution in [0.2, 0.25) is 0 Å². The minimum absolute atomic E-state index is 0.120. The van der Waals surface area contributed by atoms with Crippen LogP contribution in [0.1, 0.15) is 18.9 Å². The van der Waals surface area contributed by atoms with Gasteiger partial charge >= 0.3 is 0 Å². The van der Waals surface area contributed by atoms with Crippen LogP contribution in [0.5, 0.6) is 0 Å². The third kappa shape index (κ3) is 2.35. The fourth-order valence-corrected chi connectivity index (χ4v) is 5.49. The van der Waals surface area contributed by atoms with Crippen molar-refractivity contribution in [2.24, 2.45) is 0 Å². The average molecular weight is 415 g/mol. The standard InChI is InChI=1S/C28H22N4/c1-28-18-20(12-14-24(28)23-8-2-4-9-25(23)30-28)32-26-10-5-3-7-21(26)22-13-11-19(17-27(22)32)31-16-6-15-29-31/h2-17,30H,18H2,1H3. The number of anilines is 1. The summed E-state index contributed by atoms with van der Waals surface area (Å²) in [5.41, 5.74) is 8.59. The van der Waals surface area contributed by atoms with Crippen molar-refractivity contribution in [3.63, 3.8) is 0 Å². The van der Waals surface area contributed by atoms with Gasteiger partial charge in [-0.05, 0) is 48.9 Å². The Hall–Kier alpha value is -4.05. The van der Waals surface area contributed by atoms with Gasteiger partial charge in [-0.1, -0.05) is 48.5 Å². The average Bonchev–Trinajstić information content (AvgIpc) is 3.52. The van der Waals surface area contributed by atoms with Crippen LogP contribution in [0.3, 0.4) is 0 Å². The first-order valence-electron chi connectivity index (χ1n) is 11.0. The van der Waals surface area contributed by atoms with Crippen LogP contribution < -0.4 is 5.32 Å². The van der Waals surface area contributed by atoms with Crippen molar-refractivity contribution >= 4 is 38.8 Å². The van der Waals surface area contributed by atoms with E-state index in [1.165, 1.54) is 44.3 Å². The van der Waals surface area contributed by atoms with E-state index < -0.39 is 0 Å². The summed E-state index contributed by atoms with van der Waals surface area (Å²) in [6.45, 7) is 2.31. The maximum atomic E-state index is 4.44. The molecule has 3 aromatic carbocycles. The van der Waals surface area contributed by atoms with Crippen LogP contribution in [0.15, 0.2) is 97.3 Å². The smallest absolute Gasteiger partial charge is 0.0666 e. The molecule has 0 radical (unpaired) electrons. The number of benzene rings is 3. The van der Waals surface area contributed by atoms with E-state index in [0.717, 1.165) is 12.1 Å². The third-order valence-electron chi connectivity index (χ3n) is 6.91. The molecule has 1 N–H and O–H groups in total. The van der Waals surface area contributed by atoms with E-state index in [2.05, 4.69) is 101 Å². The first-order chi connectivity index (χ1) is 15.7. The molecule has 2 aromatic heterocycles. The summed E-state index contributed by atoms with van der Waals surface area (Å²) in [5.74, 6) is 0. The summed E-state index contributed by atoms with van der Waals surface area (Å²) in [6, 6.07) is 25.9. The van der Waals surface area contributed by atoms with E-state index in [0.29, 0.717) is 0 Å². The molecular weight excluding hydrogens is 392 g/mol. The second-order valence-electron chi connectivity index (χ2n) is 8.92. The molecule has 2 aliphatic rings. The molecule has 7 rings (SSSR count). The fourth-order valence-electron chi connectivity index (χ4n) is 5.49. The molecule has 0 saturated carbocycles. The largest absolute Gasteiger partial charge is 0.375 e. The zero-order valence-electron chi connectivity index (χ0n) is 17.8. The summed E-state index contributed by atoms with van der Waals surface area (Å²) in [7, 11) is 0. The Balaban J connectivity index is 1.47. The van der Waals surface area contributed by atoms with E-state index >= 15 is 0 Å². The Morgan fingerprint density at radius 2 is 1.72 bits per heavy atom. The van der Waals surface area contributed by atoms with Crippen LogP contribution in [0.4, 0.5) is 5.69 Å². The highest BCUT2D eigenvalue weighted by Gasteiger charge is 2.39. The third-order valence-corrected chi connectivity index (χ3v) is 6.91. The lowest BCUT2D eigenvalue weighted by molar-refractivity contribution is 0.674. The van der Waals surface area contributed by atoms with Gasteiger partial charge in [0.2, 0.25) is 0 Å². The van der Waals surface area contributed by atoms with Gasteiger partial charge in [-0.15, -0.1) is 0 Å². The number of rotatable bonds is 2. The number of hydrogen-bond donors (Lipinski definition) is 1. The van der Waals surface area contributed by atoms with Gasteiger partial charge < -0.3 is 9.88 Å². The predicted molar refractivity (Wildman–Crippen MR) is 132 cm³/mol. The van der Waals surface area contributed by atoms with Crippen molar-refractivity contribution in [3.8, 4) is 5.69 Å². The SMILES string of the molecule is CC12CC(n3c4ccccc4c4ccc(-n5cccn5)cc43)=CC=C1c1ccccc1N2. The number of nitrogens with one attached hydrogen (secondary N) is 1. The van der Waals surface area contributed by atoms with Crippen LogP contribution in [0.25, 0.3) is 38.8 Å². The lowest BCUT2D eigenvalue weighted by atomic mass is 9.83. The molecule has 154 valence electrons. The van der Waals surface area contributed by atoms with Crippen LogP contribution >= 0.6 is 0 Å². The van der Waals surface area contributed by atoms with Crippen molar-refractivity contribution in [3.05, 3.63) is 103 Å². The maximum absolute atomic E-state index is 4.44. The summed E-state index contributed by atoms with van der Waals surface area (Å²) in [4.78, 5) is 0. The Morgan fingerprint density at radius 1 is 0.875 bits per heavy atom. The van der Waals surface area contributed by atoms with E-state index in [9.17, 15) is 0 Å². The highest BCUT2D eigenvalue weighted by atomic mass is 15.3. The second kappa shape index (κ2) is 6.24. The van der Waals surface area contributed by atoms with Crippen molar-refractivity contribution < 1.29 is 0 Å². The molecule has 0 fully saturated rings. The van der Waals surface area contributed by atoms with Crippen molar-refractivity contribution in [1.82, 2.24) is 14.3 Å². The van der Waals surface area contributed by atoms with Gasteiger partial charge in [0.1, 0.15) is 0 Å². The van der Waals surface area contributed by atoms with Crippen molar-refractivity contribution in [1.29, 1.82) is 0 Å². The summed E-state index contributed by atoms with van der Waals surface area (Å²) < 4.78 is 4.35. The zero-order chi connectivity index (χ0) is 21.3. The normalized spacial score (nSPS) is 19.4. The van der Waals surface area contributed by atoms with Crippen LogP contribution in [-0.2, 0) is 0 Å². The fraction of sp³-hybridized carbons (Fsp3) is 0.107. The molecule has 1 atom stereocenters. The number of allylic oxidation sites excluding steroid dienone is 2. The molecule has 3 heterocycles. The quantitative estimate of drug-likeness (QED) is 0.358. The number of nitrogens with zero attached hydrogens (tertiary/aromatic N) is 3. The molecule has 0 amide bonds. The Morgan fingerprint density at radius 3 is 2.62 bits per heavy atom. The monoisotopic (exact) mass is 414 g/mol. The van der Waals surface area contributed by atoms with Gasteiger partial charge in [-0.2, -0.15) is 5.10 Å². The molecule has 4 nitrogen and oxygen atoms in total. The summed E-state index contributed by atoms with van der Waals surface area (Å²) in [6.07, 6.45) is 9.32. The van der Waals surface area contributed by atoms with Crippen LogP contribution in [0, 0.1) is 0 Å². The van der Waals surface area contributed by atoms with Gasteiger partial charge in [0.25, 0.3) is 0 Å². The summed E-state index contributed by atoms with van der Waals surface area (Å²) >= 11 is 0. The predicted octanol–water partition coefficient (Wildman–Crippen LogP) is 6.49. The number of hydrogen-bond acceptors (Lipinski definition) is 2. The van der Waals surface area contributed by atoms with E-state index in [4.69, 9.17) is 0 Å². The van der Waals surface area contributed by atoms with Gasteiger partial charge in [0.05, 0.1) is 22.3 Å². The van der Waals surface area contributed by atoms with E-state index in [-0.39, 0.29) is 5.54 Å². The molecule has 0 spiro atoms. The molecule has 32 heavy (non-hydrogen) atoms. The Kier molecular flexibility index (Phi) is 3.43. The Labute approximate surface area is 186 Å². The second-order valence-corrected chi connectivity index (χ2v) is 8.92. The highest BCUT2D eigenvalue weighted by molar-refractivity contribution is 6.11. The minimum Gasteiger partial charge on any atom is -0.375 e.